The number of halogens is 3. The van der Waals surface area contributed by atoms with E-state index < -0.39 is 0 Å². The van der Waals surface area contributed by atoms with Gasteiger partial charge < -0.3 is 10.1 Å². The second-order valence-corrected chi connectivity index (χ2v) is 5.45. The first-order valence-corrected chi connectivity index (χ1v) is 7.26. The van der Waals surface area contributed by atoms with Gasteiger partial charge in [0.1, 0.15) is 11.6 Å². The lowest BCUT2D eigenvalue weighted by atomic mass is 9.98. The molecule has 0 radical (unpaired) electrons. The molecular formula is C16H16Cl2FNO. The SMILES string of the molecule is CNC(Cc1c(F)cccc1Cl)c1ccc(OC)cc1Cl. The van der Waals surface area contributed by atoms with E-state index in [2.05, 4.69) is 5.32 Å². The van der Waals surface area contributed by atoms with Crippen LogP contribution in [0.5, 0.6) is 5.75 Å². The number of benzene rings is 2. The van der Waals surface area contributed by atoms with Gasteiger partial charge in [-0.05, 0) is 43.3 Å². The number of rotatable bonds is 5. The Kier molecular flexibility index (Phi) is 5.45. The van der Waals surface area contributed by atoms with Crippen molar-refractivity contribution in [3.8, 4) is 5.75 Å². The molecule has 0 aliphatic carbocycles. The normalized spacial score (nSPS) is 12.2. The van der Waals surface area contributed by atoms with Crippen LogP contribution in [0, 0.1) is 5.82 Å². The van der Waals surface area contributed by atoms with Gasteiger partial charge in [0, 0.05) is 21.7 Å². The second-order valence-electron chi connectivity index (χ2n) is 4.63. The van der Waals surface area contributed by atoms with Gasteiger partial charge in [-0.25, -0.2) is 4.39 Å². The summed E-state index contributed by atoms with van der Waals surface area (Å²) in [5.41, 5.74) is 1.35. The molecule has 0 aliphatic rings. The van der Waals surface area contributed by atoms with Crippen molar-refractivity contribution in [2.45, 2.75) is 12.5 Å². The Morgan fingerprint density at radius 1 is 1.19 bits per heavy atom. The second kappa shape index (κ2) is 7.12. The molecule has 1 unspecified atom stereocenters. The first kappa shape index (κ1) is 16.1. The van der Waals surface area contributed by atoms with Gasteiger partial charge >= 0.3 is 0 Å². The van der Waals surface area contributed by atoms with Crippen molar-refractivity contribution in [2.75, 3.05) is 14.2 Å². The van der Waals surface area contributed by atoms with Gasteiger partial charge in [-0.2, -0.15) is 0 Å². The summed E-state index contributed by atoms with van der Waals surface area (Å²) in [7, 11) is 3.39. The maximum absolute atomic E-state index is 13.9. The Bertz CT molecular complexity index is 613. The Hall–Kier alpha value is -1.29. The van der Waals surface area contributed by atoms with Crippen LogP contribution in [0.15, 0.2) is 36.4 Å². The van der Waals surface area contributed by atoms with E-state index in [0.717, 1.165) is 5.56 Å². The van der Waals surface area contributed by atoms with Crippen LogP contribution in [0.3, 0.4) is 0 Å². The number of nitrogens with one attached hydrogen (secondary N) is 1. The lowest BCUT2D eigenvalue weighted by Gasteiger charge is -2.19. The summed E-state index contributed by atoms with van der Waals surface area (Å²) < 4.78 is 19.1. The third kappa shape index (κ3) is 3.67. The minimum atomic E-state index is -0.313. The van der Waals surface area contributed by atoms with Crippen molar-refractivity contribution in [1.29, 1.82) is 0 Å². The zero-order valence-corrected chi connectivity index (χ0v) is 13.3. The summed E-state index contributed by atoms with van der Waals surface area (Å²) in [5, 5.41) is 4.14. The van der Waals surface area contributed by atoms with Crippen LogP contribution >= 0.6 is 23.2 Å². The van der Waals surface area contributed by atoms with Crippen LogP contribution in [0.4, 0.5) is 4.39 Å². The molecule has 0 saturated heterocycles. The molecule has 112 valence electrons. The number of hydrogen-bond donors (Lipinski definition) is 1. The number of ether oxygens (including phenoxy) is 1. The van der Waals surface area contributed by atoms with E-state index in [1.54, 1.807) is 32.4 Å². The Labute approximate surface area is 133 Å². The minimum absolute atomic E-state index is 0.141. The van der Waals surface area contributed by atoms with Crippen molar-refractivity contribution < 1.29 is 9.13 Å². The Balaban J connectivity index is 2.32. The van der Waals surface area contributed by atoms with Gasteiger partial charge in [-0.15, -0.1) is 0 Å². The van der Waals surface area contributed by atoms with E-state index in [1.807, 2.05) is 12.1 Å². The lowest BCUT2D eigenvalue weighted by molar-refractivity contribution is 0.414. The standard InChI is InChI=1S/C16H16Cl2FNO/c1-20-16(9-12-13(17)4-3-5-15(12)19)11-7-6-10(21-2)8-14(11)18/h3-8,16,20H,9H2,1-2H3. The van der Waals surface area contributed by atoms with Gasteiger partial charge in [0.2, 0.25) is 0 Å². The van der Waals surface area contributed by atoms with E-state index in [1.165, 1.54) is 6.07 Å². The summed E-state index contributed by atoms with van der Waals surface area (Å²) in [5.74, 6) is 0.370. The molecule has 2 aromatic rings. The molecule has 0 heterocycles. The highest BCUT2D eigenvalue weighted by atomic mass is 35.5. The molecule has 1 N–H and O–H groups in total. The zero-order valence-electron chi connectivity index (χ0n) is 11.8. The third-order valence-corrected chi connectivity index (χ3v) is 4.08. The molecule has 2 aromatic carbocycles. The van der Waals surface area contributed by atoms with Crippen molar-refractivity contribution in [3.05, 3.63) is 63.4 Å². The van der Waals surface area contributed by atoms with E-state index in [4.69, 9.17) is 27.9 Å². The van der Waals surface area contributed by atoms with Crippen molar-refractivity contribution in [1.82, 2.24) is 5.32 Å². The molecule has 0 bridgehead atoms. The molecule has 0 spiro atoms. The lowest BCUT2D eigenvalue weighted by Crippen LogP contribution is -2.20. The van der Waals surface area contributed by atoms with Gasteiger partial charge in [-0.3, -0.25) is 0 Å². The van der Waals surface area contributed by atoms with Gasteiger partial charge in [0.25, 0.3) is 0 Å². The summed E-state index contributed by atoms with van der Waals surface area (Å²) in [4.78, 5) is 0. The Morgan fingerprint density at radius 3 is 2.52 bits per heavy atom. The smallest absolute Gasteiger partial charge is 0.127 e. The van der Waals surface area contributed by atoms with Crippen LogP contribution in [0.1, 0.15) is 17.2 Å². The highest BCUT2D eigenvalue weighted by Crippen LogP contribution is 2.31. The Morgan fingerprint density at radius 2 is 1.95 bits per heavy atom. The average molecular weight is 328 g/mol. The van der Waals surface area contributed by atoms with Crippen LogP contribution in [-0.2, 0) is 6.42 Å². The number of methoxy groups -OCH3 is 1. The summed E-state index contributed by atoms with van der Waals surface area (Å²) in [6, 6.07) is 9.98. The highest BCUT2D eigenvalue weighted by molar-refractivity contribution is 6.32. The fourth-order valence-electron chi connectivity index (χ4n) is 2.22. The van der Waals surface area contributed by atoms with Crippen LogP contribution < -0.4 is 10.1 Å². The highest BCUT2D eigenvalue weighted by Gasteiger charge is 2.18. The summed E-state index contributed by atoms with van der Waals surface area (Å²) in [6.07, 6.45) is 0.411. The van der Waals surface area contributed by atoms with Crippen LogP contribution in [0.25, 0.3) is 0 Å². The predicted molar refractivity (Wildman–Crippen MR) is 84.9 cm³/mol. The molecule has 5 heteroatoms. The predicted octanol–water partition coefficient (Wildman–Crippen LogP) is 4.64. The monoisotopic (exact) mass is 327 g/mol. The van der Waals surface area contributed by atoms with Crippen LogP contribution in [-0.4, -0.2) is 14.2 Å². The summed E-state index contributed by atoms with van der Waals surface area (Å²) in [6.45, 7) is 0. The molecule has 0 aromatic heterocycles. The fraction of sp³-hybridized carbons (Fsp3) is 0.250. The van der Waals surface area contributed by atoms with Gasteiger partial charge in [0.15, 0.2) is 0 Å². The van der Waals surface area contributed by atoms with E-state index in [9.17, 15) is 4.39 Å². The largest absolute Gasteiger partial charge is 0.497 e. The number of hydrogen-bond acceptors (Lipinski definition) is 2. The van der Waals surface area contributed by atoms with Crippen molar-refractivity contribution in [2.24, 2.45) is 0 Å². The molecule has 0 aliphatic heterocycles. The first-order chi connectivity index (χ1) is 10.1. The van der Waals surface area contributed by atoms with Crippen molar-refractivity contribution >= 4 is 23.2 Å². The number of likely N-dealkylation sites (N-methyl/N-ethyl adjacent to an activating group) is 1. The topological polar surface area (TPSA) is 21.3 Å². The molecule has 1 atom stereocenters. The van der Waals surface area contributed by atoms with E-state index >= 15 is 0 Å². The van der Waals surface area contributed by atoms with Gasteiger partial charge in [0.05, 0.1) is 7.11 Å². The molecule has 0 fully saturated rings. The van der Waals surface area contributed by atoms with Gasteiger partial charge in [-0.1, -0.05) is 35.3 Å². The van der Waals surface area contributed by atoms with E-state index in [0.29, 0.717) is 27.8 Å². The molecule has 2 nitrogen and oxygen atoms in total. The minimum Gasteiger partial charge on any atom is -0.497 e. The fourth-order valence-corrected chi connectivity index (χ4v) is 2.76. The third-order valence-electron chi connectivity index (χ3n) is 3.40. The van der Waals surface area contributed by atoms with Crippen LogP contribution in [0.2, 0.25) is 10.0 Å². The maximum atomic E-state index is 13.9. The quantitative estimate of drug-likeness (QED) is 0.863. The van der Waals surface area contributed by atoms with E-state index in [-0.39, 0.29) is 11.9 Å². The average Bonchev–Trinajstić information content (AvgIpc) is 2.47. The van der Waals surface area contributed by atoms with Crippen molar-refractivity contribution in [3.63, 3.8) is 0 Å². The maximum Gasteiger partial charge on any atom is 0.127 e. The molecule has 0 amide bonds. The molecule has 2 rings (SSSR count). The zero-order chi connectivity index (χ0) is 15.4. The molecule has 0 saturated carbocycles. The molecule has 21 heavy (non-hydrogen) atoms. The molecular weight excluding hydrogens is 312 g/mol. The first-order valence-electron chi connectivity index (χ1n) is 6.50. The summed E-state index contributed by atoms with van der Waals surface area (Å²) >= 11 is 12.4.